The fraction of sp³-hybridized carbons (Fsp3) is 0.696. The zero-order valence-corrected chi connectivity index (χ0v) is 19.0. The molecule has 0 aromatic carbocycles. The molecule has 2 saturated heterocycles. The molecule has 2 amide bonds. The van der Waals surface area contributed by atoms with Crippen LogP contribution in [0.25, 0.3) is 0 Å². The predicted octanol–water partition coefficient (Wildman–Crippen LogP) is 2.72. The minimum Gasteiger partial charge on any atom is -0.481 e. The van der Waals surface area contributed by atoms with Gasteiger partial charge in [-0.2, -0.15) is 4.98 Å². The summed E-state index contributed by atoms with van der Waals surface area (Å²) in [5, 5.41) is 19.5. The van der Waals surface area contributed by atoms with Crippen LogP contribution in [-0.4, -0.2) is 77.5 Å². The van der Waals surface area contributed by atoms with Crippen LogP contribution in [0.4, 0.5) is 16.3 Å². The molecule has 1 aromatic heterocycles. The molecular weight excluding hydrogens is 412 g/mol. The first kappa shape index (κ1) is 22.6. The molecule has 1 spiro atoms. The summed E-state index contributed by atoms with van der Waals surface area (Å²) in [6, 6.07) is 3.62. The van der Waals surface area contributed by atoms with Crippen molar-refractivity contribution in [3.05, 3.63) is 12.1 Å². The highest BCUT2D eigenvalue weighted by Gasteiger charge is 2.51. The van der Waals surface area contributed by atoms with Crippen LogP contribution in [0, 0.1) is 5.41 Å². The summed E-state index contributed by atoms with van der Waals surface area (Å²) in [6.45, 7) is 4.09. The van der Waals surface area contributed by atoms with E-state index in [4.69, 9.17) is 4.74 Å². The van der Waals surface area contributed by atoms with Gasteiger partial charge < -0.3 is 24.7 Å². The molecule has 0 radical (unpaired) electrons. The maximum atomic E-state index is 13.6. The van der Waals surface area contributed by atoms with Crippen LogP contribution in [0.2, 0.25) is 0 Å². The first-order valence-electron chi connectivity index (χ1n) is 11.7. The van der Waals surface area contributed by atoms with Crippen LogP contribution in [0.1, 0.15) is 51.9 Å². The Labute approximate surface area is 189 Å². The smallest absolute Gasteiger partial charge is 0.411 e. The number of likely N-dealkylation sites (tertiary alicyclic amines) is 1. The van der Waals surface area contributed by atoms with Gasteiger partial charge in [-0.25, -0.2) is 4.79 Å². The molecule has 9 nitrogen and oxygen atoms in total. The number of methoxy groups -OCH3 is 1. The number of carboxylic acid groups (broad SMARTS) is 1. The lowest BCUT2D eigenvalue weighted by Gasteiger charge is -2.41. The molecule has 2 N–H and O–H groups in total. The maximum Gasteiger partial charge on any atom is 0.411 e. The summed E-state index contributed by atoms with van der Waals surface area (Å²) in [5.74, 6) is 1.18. The largest absolute Gasteiger partial charge is 0.481 e. The highest BCUT2D eigenvalue weighted by atomic mass is 16.5. The predicted molar refractivity (Wildman–Crippen MR) is 120 cm³/mol. The molecule has 176 valence electrons. The van der Waals surface area contributed by atoms with Crippen molar-refractivity contribution in [2.45, 2.75) is 64.0 Å². The summed E-state index contributed by atoms with van der Waals surface area (Å²) < 4.78 is 5.32. The van der Waals surface area contributed by atoms with E-state index < -0.39 is 11.5 Å². The molecule has 1 atom stereocenters. The van der Waals surface area contributed by atoms with Gasteiger partial charge in [0.15, 0.2) is 5.82 Å². The monoisotopic (exact) mass is 446 g/mol. The number of rotatable bonds is 5. The van der Waals surface area contributed by atoms with Crippen molar-refractivity contribution in [2.75, 3.05) is 43.1 Å². The zero-order valence-electron chi connectivity index (χ0n) is 19.0. The molecule has 2 aliphatic heterocycles. The molecule has 0 bridgehead atoms. The van der Waals surface area contributed by atoms with Gasteiger partial charge in [0.2, 0.25) is 11.8 Å². The summed E-state index contributed by atoms with van der Waals surface area (Å²) in [5.41, 5.74) is 0.0535. The number of pyridine rings is 1. The van der Waals surface area contributed by atoms with Gasteiger partial charge in [-0.05, 0) is 57.9 Å². The maximum absolute atomic E-state index is 13.6. The van der Waals surface area contributed by atoms with Crippen LogP contribution in [0.3, 0.4) is 0 Å². The number of aliphatic hydroxyl groups excluding tert-OH is 1. The lowest BCUT2D eigenvalue weighted by atomic mass is 9.78. The number of hydrogen-bond acceptors (Lipinski definition) is 6. The number of amides is 2. The third kappa shape index (κ3) is 4.10. The highest BCUT2D eigenvalue weighted by Crippen LogP contribution is 2.44. The number of carbonyl (C=O) groups is 2. The third-order valence-electron chi connectivity index (χ3n) is 7.41. The van der Waals surface area contributed by atoms with Gasteiger partial charge in [0.05, 0.1) is 24.3 Å². The lowest BCUT2D eigenvalue weighted by molar-refractivity contribution is -0.139. The number of anilines is 2. The molecule has 4 rings (SSSR count). The molecule has 1 aromatic rings. The van der Waals surface area contributed by atoms with Gasteiger partial charge in [-0.3, -0.25) is 9.69 Å². The van der Waals surface area contributed by atoms with Gasteiger partial charge in [0, 0.05) is 38.3 Å². The van der Waals surface area contributed by atoms with E-state index >= 15 is 0 Å². The van der Waals surface area contributed by atoms with Crippen molar-refractivity contribution < 1.29 is 24.5 Å². The molecular formula is C23H34N4O5. The minimum atomic E-state index is -1.03. The number of carbonyl (C=O) groups excluding carboxylic acids is 1. The van der Waals surface area contributed by atoms with Crippen molar-refractivity contribution in [3.63, 3.8) is 0 Å². The highest BCUT2D eigenvalue weighted by molar-refractivity contribution is 5.91. The lowest BCUT2D eigenvalue weighted by Crippen LogP contribution is -2.50. The summed E-state index contributed by atoms with van der Waals surface area (Å²) in [6.07, 6.45) is 4.45. The van der Waals surface area contributed by atoms with Crippen molar-refractivity contribution in [2.24, 2.45) is 5.41 Å². The minimum absolute atomic E-state index is 0.207. The van der Waals surface area contributed by atoms with Crippen LogP contribution in [0.5, 0.6) is 5.88 Å². The number of hydrogen-bond donors (Lipinski definition) is 2. The Morgan fingerprint density at radius 1 is 1.25 bits per heavy atom. The molecule has 1 unspecified atom stereocenters. The van der Waals surface area contributed by atoms with Gasteiger partial charge in [-0.15, -0.1) is 0 Å². The molecule has 3 heterocycles. The van der Waals surface area contributed by atoms with Gasteiger partial charge >= 0.3 is 6.09 Å². The second-order valence-corrected chi connectivity index (χ2v) is 9.24. The van der Waals surface area contributed by atoms with Crippen LogP contribution < -0.4 is 14.5 Å². The Balaban J connectivity index is 1.59. The SMILES string of the molecule is CCN(C(=O)O)c1ccc(OC)nc1N1CCCC2(CCN([C@H]3CC[C@H](O)CC3)C2=O)C1. The quantitative estimate of drug-likeness (QED) is 0.716. The van der Waals surface area contributed by atoms with E-state index in [2.05, 4.69) is 9.88 Å². The third-order valence-corrected chi connectivity index (χ3v) is 7.41. The second-order valence-electron chi connectivity index (χ2n) is 9.24. The van der Waals surface area contributed by atoms with Gasteiger partial charge in [0.25, 0.3) is 0 Å². The number of aromatic nitrogens is 1. The van der Waals surface area contributed by atoms with E-state index in [-0.39, 0.29) is 18.1 Å². The standard InChI is InChI=1S/C23H34N4O5/c1-3-26(22(30)31)18-9-10-19(32-2)24-20(18)25-13-4-11-23(15-25)12-14-27(21(23)29)16-5-7-17(28)8-6-16/h9-10,16-17,28H,3-8,11-15H2,1-2H3,(H,30,31)/t16-,17-,23?. The number of piperidine rings is 1. The van der Waals surface area contributed by atoms with Crippen molar-refractivity contribution in [1.82, 2.24) is 9.88 Å². The summed E-state index contributed by atoms with van der Waals surface area (Å²) in [4.78, 5) is 35.5. The molecule has 9 heteroatoms. The van der Waals surface area contributed by atoms with E-state index in [1.807, 2.05) is 4.90 Å². The molecule has 3 aliphatic rings. The fourth-order valence-corrected chi connectivity index (χ4v) is 5.65. The average Bonchev–Trinajstić information content (AvgIpc) is 3.10. The Morgan fingerprint density at radius 2 is 2.00 bits per heavy atom. The summed E-state index contributed by atoms with van der Waals surface area (Å²) in [7, 11) is 1.54. The summed E-state index contributed by atoms with van der Waals surface area (Å²) >= 11 is 0. The van der Waals surface area contributed by atoms with E-state index in [1.165, 1.54) is 12.0 Å². The van der Waals surface area contributed by atoms with Crippen LogP contribution in [0.15, 0.2) is 12.1 Å². The fourth-order valence-electron chi connectivity index (χ4n) is 5.65. The first-order valence-corrected chi connectivity index (χ1v) is 11.7. The Bertz CT molecular complexity index is 857. The van der Waals surface area contributed by atoms with E-state index in [0.29, 0.717) is 30.5 Å². The van der Waals surface area contributed by atoms with Crippen LogP contribution in [-0.2, 0) is 4.79 Å². The Hall–Kier alpha value is -2.55. The number of aliphatic hydroxyl groups is 1. The number of ether oxygens (including phenoxy) is 1. The molecule has 3 fully saturated rings. The zero-order chi connectivity index (χ0) is 22.9. The van der Waals surface area contributed by atoms with E-state index in [9.17, 15) is 19.8 Å². The van der Waals surface area contributed by atoms with E-state index in [1.54, 1.807) is 19.1 Å². The van der Waals surface area contributed by atoms with Gasteiger partial charge in [-0.1, -0.05) is 0 Å². The average molecular weight is 447 g/mol. The van der Waals surface area contributed by atoms with Crippen molar-refractivity contribution in [3.8, 4) is 5.88 Å². The first-order chi connectivity index (χ1) is 15.4. The van der Waals surface area contributed by atoms with Crippen LogP contribution >= 0.6 is 0 Å². The molecule has 1 aliphatic carbocycles. The topological polar surface area (TPSA) is 106 Å². The Kier molecular flexibility index (Phi) is 6.46. The van der Waals surface area contributed by atoms with Crippen molar-refractivity contribution >= 4 is 23.5 Å². The van der Waals surface area contributed by atoms with Crippen molar-refractivity contribution in [1.29, 1.82) is 0 Å². The number of nitrogens with zero attached hydrogens (tertiary/aromatic N) is 4. The second kappa shape index (κ2) is 9.13. The van der Waals surface area contributed by atoms with Gasteiger partial charge in [0.1, 0.15) is 0 Å². The normalized spacial score (nSPS) is 28.3. The Morgan fingerprint density at radius 3 is 2.66 bits per heavy atom. The molecule has 32 heavy (non-hydrogen) atoms. The molecule has 1 saturated carbocycles. The van der Waals surface area contributed by atoms with E-state index in [0.717, 1.165) is 58.0 Å².